The molecule has 2 aromatic rings. The number of hydrogen-bond donors (Lipinski definition) is 1. The van der Waals surface area contributed by atoms with E-state index in [-0.39, 0.29) is 0 Å². The minimum Gasteiger partial charge on any atom is -0.497 e. The summed E-state index contributed by atoms with van der Waals surface area (Å²) >= 11 is 0. The molecule has 0 radical (unpaired) electrons. The molecule has 1 aromatic heterocycles. The minimum absolute atomic E-state index is 0.354. The van der Waals surface area contributed by atoms with Crippen LogP contribution in [0.3, 0.4) is 0 Å². The molecule has 2 aliphatic rings. The Morgan fingerprint density at radius 2 is 2.10 bits per heavy atom. The van der Waals surface area contributed by atoms with Crippen molar-refractivity contribution in [3.05, 3.63) is 30.2 Å². The van der Waals surface area contributed by atoms with E-state index in [1.165, 1.54) is 12.8 Å². The second-order valence-electron chi connectivity index (χ2n) is 8.50. The predicted molar refractivity (Wildman–Crippen MR) is 119 cm³/mol. The number of aliphatic imine (C=N–C) groups is 1. The predicted octanol–water partition coefficient (Wildman–Crippen LogP) is 3.15. The summed E-state index contributed by atoms with van der Waals surface area (Å²) in [7, 11) is 3.52. The van der Waals surface area contributed by atoms with E-state index >= 15 is 0 Å². The van der Waals surface area contributed by atoms with Crippen LogP contribution in [-0.2, 0) is 11.2 Å². The number of guanidine groups is 1. The number of benzene rings is 1. The third-order valence-corrected chi connectivity index (χ3v) is 6.30. The van der Waals surface area contributed by atoms with Crippen LogP contribution in [0.25, 0.3) is 11.4 Å². The summed E-state index contributed by atoms with van der Waals surface area (Å²) < 4.78 is 16.2. The van der Waals surface area contributed by atoms with Gasteiger partial charge < -0.3 is 24.2 Å². The highest BCUT2D eigenvalue weighted by molar-refractivity contribution is 5.80. The van der Waals surface area contributed by atoms with Crippen LogP contribution in [0, 0.1) is 5.41 Å². The number of hydrogen-bond acceptors (Lipinski definition) is 6. The number of methoxy groups -OCH3 is 1. The second-order valence-corrected chi connectivity index (χ2v) is 8.50. The molecule has 8 nitrogen and oxygen atoms in total. The maximum absolute atomic E-state index is 5.63. The van der Waals surface area contributed by atoms with Crippen LogP contribution in [0.2, 0.25) is 0 Å². The molecule has 1 unspecified atom stereocenters. The van der Waals surface area contributed by atoms with Crippen LogP contribution in [0.15, 0.2) is 33.8 Å². The molecule has 2 saturated heterocycles. The summed E-state index contributed by atoms with van der Waals surface area (Å²) in [4.78, 5) is 11.4. The van der Waals surface area contributed by atoms with E-state index in [4.69, 9.17) is 14.0 Å². The van der Waals surface area contributed by atoms with Crippen LogP contribution in [0.5, 0.6) is 5.75 Å². The molecular weight excluding hydrogens is 394 g/mol. The van der Waals surface area contributed by atoms with Crippen LogP contribution in [0.4, 0.5) is 0 Å². The fraction of sp³-hybridized carbons (Fsp3) is 0.609. The molecule has 1 N–H and O–H groups in total. The SMILES string of the molecule is CN=C(NCCCCCc1nc(-c2ccc(OC)cc2)no1)N1CCC2(CCOC2)C1. The Kier molecular flexibility index (Phi) is 7.06. The normalized spacial score (nSPS) is 21.2. The van der Waals surface area contributed by atoms with Crippen molar-refractivity contribution in [2.45, 2.75) is 38.5 Å². The van der Waals surface area contributed by atoms with Crippen molar-refractivity contribution in [1.82, 2.24) is 20.4 Å². The first-order chi connectivity index (χ1) is 15.2. The lowest BCUT2D eigenvalue weighted by Gasteiger charge is -2.24. The van der Waals surface area contributed by atoms with Crippen molar-refractivity contribution in [3.63, 3.8) is 0 Å². The standard InChI is InChI=1S/C23H33N5O3/c1-24-22(28-14-11-23(16-28)12-15-30-17-23)25-13-5-3-4-6-20-26-21(27-31-20)18-7-9-19(29-2)10-8-18/h7-10H,3-6,11-17H2,1-2H3,(H,24,25). The van der Waals surface area contributed by atoms with Gasteiger partial charge in [-0.2, -0.15) is 4.98 Å². The molecule has 0 bridgehead atoms. The van der Waals surface area contributed by atoms with Gasteiger partial charge in [0.15, 0.2) is 5.96 Å². The van der Waals surface area contributed by atoms with E-state index in [0.717, 1.165) is 75.8 Å². The number of ether oxygens (including phenoxy) is 2. The average Bonchev–Trinajstić information content (AvgIpc) is 3.56. The van der Waals surface area contributed by atoms with Gasteiger partial charge in [0.25, 0.3) is 0 Å². The second kappa shape index (κ2) is 10.1. The van der Waals surface area contributed by atoms with Crippen molar-refractivity contribution in [1.29, 1.82) is 0 Å². The summed E-state index contributed by atoms with van der Waals surface area (Å²) in [6, 6.07) is 7.67. The van der Waals surface area contributed by atoms with Crippen molar-refractivity contribution >= 4 is 5.96 Å². The molecule has 0 aliphatic carbocycles. The largest absolute Gasteiger partial charge is 0.497 e. The molecule has 0 amide bonds. The van der Waals surface area contributed by atoms with Crippen molar-refractivity contribution in [2.75, 3.05) is 47.0 Å². The Balaban J connectivity index is 1.14. The number of aryl methyl sites for hydroxylation is 1. The fourth-order valence-corrected chi connectivity index (χ4v) is 4.41. The van der Waals surface area contributed by atoms with Crippen molar-refractivity contribution < 1.29 is 14.0 Å². The zero-order valence-corrected chi connectivity index (χ0v) is 18.6. The van der Waals surface area contributed by atoms with Crippen LogP contribution >= 0.6 is 0 Å². The molecule has 0 saturated carbocycles. The Morgan fingerprint density at radius 3 is 2.84 bits per heavy atom. The number of likely N-dealkylation sites (tertiary alicyclic amines) is 1. The maximum Gasteiger partial charge on any atom is 0.226 e. The molecule has 168 valence electrons. The quantitative estimate of drug-likeness (QED) is 0.393. The van der Waals surface area contributed by atoms with Gasteiger partial charge >= 0.3 is 0 Å². The molecule has 1 spiro atoms. The summed E-state index contributed by atoms with van der Waals surface area (Å²) in [5.74, 6) is 3.15. The van der Waals surface area contributed by atoms with E-state index < -0.39 is 0 Å². The summed E-state index contributed by atoms with van der Waals surface area (Å²) in [5.41, 5.74) is 1.28. The molecule has 1 aromatic carbocycles. The van der Waals surface area contributed by atoms with E-state index in [9.17, 15) is 0 Å². The summed E-state index contributed by atoms with van der Waals surface area (Å²) in [6.07, 6.45) is 6.39. The molecular formula is C23H33N5O3. The number of rotatable bonds is 8. The van der Waals surface area contributed by atoms with E-state index in [1.54, 1.807) is 7.11 Å². The van der Waals surface area contributed by atoms with Gasteiger partial charge in [-0.25, -0.2) is 0 Å². The minimum atomic E-state index is 0.354. The lowest BCUT2D eigenvalue weighted by atomic mass is 9.87. The van der Waals surface area contributed by atoms with Gasteiger partial charge in [0.05, 0.1) is 13.7 Å². The highest BCUT2D eigenvalue weighted by atomic mass is 16.5. The maximum atomic E-state index is 5.63. The average molecular weight is 428 g/mol. The Morgan fingerprint density at radius 1 is 1.23 bits per heavy atom. The number of nitrogens with zero attached hydrogens (tertiary/aromatic N) is 4. The zero-order chi connectivity index (χ0) is 21.5. The van der Waals surface area contributed by atoms with E-state index in [2.05, 4.69) is 25.3 Å². The Hall–Kier alpha value is -2.61. The van der Waals surface area contributed by atoms with Crippen molar-refractivity contribution in [3.8, 4) is 17.1 Å². The Labute approximate surface area is 184 Å². The molecule has 2 fully saturated rings. The van der Waals surface area contributed by atoms with Crippen LogP contribution < -0.4 is 10.1 Å². The highest BCUT2D eigenvalue weighted by Crippen LogP contribution is 2.38. The first-order valence-corrected chi connectivity index (χ1v) is 11.2. The van der Waals surface area contributed by atoms with Gasteiger partial charge in [0.2, 0.25) is 11.7 Å². The van der Waals surface area contributed by atoms with Gasteiger partial charge in [0, 0.05) is 50.7 Å². The van der Waals surface area contributed by atoms with Gasteiger partial charge in [-0.3, -0.25) is 4.99 Å². The van der Waals surface area contributed by atoms with E-state index in [1.807, 2.05) is 31.3 Å². The van der Waals surface area contributed by atoms with E-state index in [0.29, 0.717) is 17.1 Å². The summed E-state index contributed by atoms with van der Waals surface area (Å²) in [5, 5.41) is 7.62. The van der Waals surface area contributed by atoms with Crippen LogP contribution in [-0.4, -0.2) is 68.0 Å². The first kappa shape index (κ1) is 21.6. The highest BCUT2D eigenvalue weighted by Gasteiger charge is 2.42. The third-order valence-electron chi connectivity index (χ3n) is 6.30. The lowest BCUT2D eigenvalue weighted by Crippen LogP contribution is -2.41. The number of aromatic nitrogens is 2. The Bertz CT molecular complexity index is 858. The molecule has 3 heterocycles. The van der Waals surface area contributed by atoms with Gasteiger partial charge in [-0.05, 0) is 49.9 Å². The molecule has 31 heavy (non-hydrogen) atoms. The topological polar surface area (TPSA) is 85.0 Å². The summed E-state index contributed by atoms with van der Waals surface area (Å²) in [6.45, 7) is 4.85. The number of unbranched alkanes of at least 4 members (excludes halogenated alkanes) is 2. The van der Waals surface area contributed by atoms with Gasteiger partial charge in [-0.1, -0.05) is 11.6 Å². The lowest BCUT2D eigenvalue weighted by molar-refractivity contribution is 0.156. The smallest absolute Gasteiger partial charge is 0.226 e. The van der Waals surface area contributed by atoms with Crippen molar-refractivity contribution in [2.24, 2.45) is 10.4 Å². The first-order valence-electron chi connectivity index (χ1n) is 11.2. The molecule has 2 aliphatic heterocycles. The van der Waals surface area contributed by atoms with Gasteiger partial charge in [0.1, 0.15) is 5.75 Å². The zero-order valence-electron chi connectivity index (χ0n) is 18.6. The fourth-order valence-electron chi connectivity index (χ4n) is 4.41. The van der Waals surface area contributed by atoms with Gasteiger partial charge in [-0.15, -0.1) is 0 Å². The van der Waals surface area contributed by atoms with Crippen LogP contribution in [0.1, 0.15) is 38.0 Å². The molecule has 4 rings (SSSR count). The molecule has 1 atom stereocenters. The monoisotopic (exact) mass is 427 g/mol. The third kappa shape index (κ3) is 5.36. The molecule has 8 heteroatoms. The number of nitrogens with one attached hydrogen (secondary N) is 1.